The van der Waals surface area contributed by atoms with Crippen LogP contribution in [0.15, 0.2) is 0 Å². The summed E-state index contributed by atoms with van der Waals surface area (Å²) in [6, 6.07) is 0. The van der Waals surface area contributed by atoms with Crippen LogP contribution in [-0.4, -0.2) is 5.78 Å². The van der Waals surface area contributed by atoms with E-state index in [1.165, 1.54) is 0 Å². The molecule has 0 aromatic carbocycles. The van der Waals surface area contributed by atoms with E-state index < -0.39 is 0 Å². The zero-order valence-electron chi connectivity index (χ0n) is 10.3. The van der Waals surface area contributed by atoms with Crippen LogP contribution in [0.25, 0.3) is 0 Å². The van der Waals surface area contributed by atoms with Gasteiger partial charge in [0.1, 0.15) is 5.78 Å². The third kappa shape index (κ3) is 2.83. The normalized spacial score (nSPS) is 24.4. The number of ketones is 1. The smallest absolute Gasteiger partial charge is 0.136 e. The van der Waals surface area contributed by atoms with E-state index in [1.54, 1.807) is 0 Å². The highest BCUT2D eigenvalue weighted by Gasteiger charge is 2.39. The maximum Gasteiger partial charge on any atom is 0.136 e. The van der Waals surface area contributed by atoms with Gasteiger partial charge in [-0.25, -0.2) is 0 Å². The molecule has 1 atom stereocenters. The van der Waals surface area contributed by atoms with Gasteiger partial charge in [0.2, 0.25) is 0 Å². The third-order valence-electron chi connectivity index (χ3n) is 3.23. The van der Waals surface area contributed by atoms with Gasteiger partial charge in [0.25, 0.3) is 0 Å². The molecule has 1 fully saturated rings. The second-order valence-electron chi connectivity index (χ2n) is 6.64. The molecule has 1 rings (SSSR count). The number of carbonyl (C=O) groups is 1. The lowest BCUT2D eigenvalue weighted by molar-refractivity contribution is -0.124. The third-order valence-corrected chi connectivity index (χ3v) is 3.23. The lowest BCUT2D eigenvalue weighted by Gasteiger charge is -2.36. The minimum atomic E-state index is 0.186. The Morgan fingerprint density at radius 1 is 1.21 bits per heavy atom. The fourth-order valence-corrected chi connectivity index (χ4v) is 3.13. The highest BCUT2D eigenvalue weighted by molar-refractivity contribution is 5.83. The summed E-state index contributed by atoms with van der Waals surface area (Å²) in [5.74, 6) is 0.820. The van der Waals surface area contributed by atoms with Crippen molar-refractivity contribution >= 4 is 5.78 Å². The fourth-order valence-electron chi connectivity index (χ4n) is 3.13. The molecule has 1 heteroatoms. The molecule has 1 saturated carbocycles. The van der Waals surface area contributed by atoms with Gasteiger partial charge in [0.05, 0.1) is 0 Å². The average Bonchev–Trinajstić information content (AvgIpc) is 2.29. The Labute approximate surface area is 88.3 Å². The SMILES string of the molecule is CC(C)(C)CC(C)(C)C1CCCC1=O. The molecular formula is C13H24O. The van der Waals surface area contributed by atoms with Crippen LogP contribution in [0.3, 0.4) is 0 Å². The van der Waals surface area contributed by atoms with Crippen LogP contribution in [0.4, 0.5) is 0 Å². The topological polar surface area (TPSA) is 17.1 Å². The highest BCUT2D eigenvalue weighted by Crippen LogP contribution is 2.44. The summed E-state index contributed by atoms with van der Waals surface area (Å²) in [6.45, 7) is 11.3. The van der Waals surface area contributed by atoms with E-state index in [1.807, 2.05) is 0 Å². The zero-order chi connectivity index (χ0) is 11.0. The predicted molar refractivity (Wildman–Crippen MR) is 60.2 cm³/mol. The van der Waals surface area contributed by atoms with Gasteiger partial charge in [-0.2, -0.15) is 0 Å². The van der Waals surface area contributed by atoms with Crippen LogP contribution < -0.4 is 0 Å². The first-order chi connectivity index (χ1) is 6.22. The molecule has 1 aliphatic carbocycles. The lowest BCUT2D eigenvalue weighted by Crippen LogP contribution is -2.31. The van der Waals surface area contributed by atoms with Crippen LogP contribution in [0.2, 0.25) is 0 Å². The van der Waals surface area contributed by atoms with Crippen molar-refractivity contribution in [3.8, 4) is 0 Å². The second-order valence-corrected chi connectivity index (χ2v) is 6.64. The van der Waals surface area contributed by atoms with E-state index in [9.17, 15) is 4.79 Å². The summed E-state index contributed by atoms with van der Waals surface area (Å²) in [6.07, 6.45) is 4.17. The molecule has 14 heavy (non-hydrogen) atoms. The van der Waals surface area contributed by atoms with Crippen molar-refractivity contribution in [3.63, 3.8) is 0 Å². The van der Waals surface area contributed by atoms with Crippen molar-refractivity contribution in [3.05, 3.63) is 0 Å². The van der Waals surface area contributed by atoms with Crippen molar-refractivity contribution in [1.29, 1.82) is 0 Å². The van der Waals surface area contributed by atoms with Gasteiger partial charge in [-0.1, -0.05) is 34.6 Å². The monoisotopic (exact) mass is 196 g/mol. The molecule has 0 saturated heterocycles. The van der Waals surface area contributed by atoms with Gasteiger partial charge in [0, 0.05) is 12.3 Å². The largest absolute Gasteiger partial charge is 0.299 e. The first-order valence-electron chi connectivity index (χ1n) is 5.75. The number of carbonyl (C=O) groups excluding carboxylic acids is 1. The highest BCUT2D eigenvalue weighted by atomic mass is 16.1. The molecule has 0 bridgehead atoms. The summed E-state index contributed by atoms with van der Waals surface area (Å²) in [5, 5.41) is 0. The summed E-state index contributed by atoms with van der Waals surface area (Å²) in [5.41, 5.74) is 0.512. The van der Waals surface area contributed by atoms with E-state index in [0.29, 0.717) is 17.1 Å². The quantitative estimate of drug-likeness (QED) is 0.656. The predicted octanol–water partition coefficient (Wildman–Crippen LogP) is 3.82. The lowest BCUT2D eigenvalue weighted by atomic mass is 9.68. The van der Waals surface area contributed by atoms with E-state index in [0.717, 1.165) is 25.7 Å². The van der Waals surface area contributed by atoms with Crippen LogP contribution in [0.1, 0.15) is 60.3 Å². The van der Waals surface area contributed by atoms with Crippen LogP contribution in [-0.2, 0) is 4.79 Å². The van der Waals surface area contributed by atoms with Gasteiger partial charge >= 0.3 is 0 Å². The average molecular weight is 196 g/mol. The molecule has 1 nitrogen and oxygen atoms in total. The summed E-state index contributed by atoms with van der Waals surface area (Å²) in [7, 11) is 0. The Morgan fingerprint density at radius 3 is 2.14 bits per heavy atom. The summed E-state index contributed by atoms with van der Waals surface area (Å²) in [4.78, 5) is 11.7. The molecule has 0 aromatic heterocycles. The standard InChI is InChI=1S/C13H24O/c1-12(2,3)9-13(4,5)10-7-6-8-11(10)14/h10H,6-9H2,1-5H3. The molecule has 0 amide bonds. The van der Waals surface area contributed by atoms with E-state index >= 15 is 0 Å². The molecular weight excluding hydrogens is 172 g/mol. The fraction of sp³-hybridized carbons (Fsp3) is 0.923. The van der Waals surface area contributed by atoms with Gasteiger partial charge in [0.15, 0.2) is 0 Å². The number of Topliss-reactive ketones (excluding diaryl/α,β-unsaturated/α-hetero) is 1. The molecule has 1 unspecified atom stereocenters. The van der Waals surface area contributed by atoms with Crippen molar-refractivity contribution < 1.29 is 4.79 Å². The Kier molecular flexibility index (Phi) is 3.08. The van der Waals surface area contributed by atoms with Gasteiger partial charge < -0.3 is 0 Å². The van der Waals surface area contributed by atoms with Crippen molar-refractivity contribution in [2.24, 2.45) is 16.7 Å². The molecule has 1 aliphatic rings. The van der Waals surface area contributed by atoms with Gasteiger partial charge in [-0.15, -0.1) is 0 Å². The number of hydrogen-bond acceptors (Lipinski definition) is 1. The maximum atomic E-state index is 11.7. The Bertz CT molecular complexity index is 220. The Balaban J connectivity index is 2.69. The minimum absolute atomic E-state index is 0.186. The molecule has 82 valence electrons. The number of hydrogen-bond donors (Lipinski definition) is 0. The van der Waals surface area contributed by atoms with Crippen molar-refractivity contribution in [2.75, 3.05) is 0 Å². The van der Waals surface area contributed by atoms with E-state index in [4.69, 9.17) is 0 Å². The van der Waals surface area contributed by atoms with Gasteiger partial charge in [-0.05, 0) is 30.1 Å². The molecule has 0 heterocycles. The van der Waals surface area contributed by atoms with Crippen LogP contribution in [0, 0.1) is 16.7 Å². The Morgan fingerprint density at radius 2 is 1.79 bits per heavy atom. The molecule has 0 spiro atoms. The van der Waals surface area contributed by atoms with Crippen LogP contribution >= 0.6 is 0 Å². The van der Waals surface area contributed by atoms with E-state index in [2.05, 4.69) is 34.6 Å². The number of rotatable bonds is 2. The van der Waals surface area contributed by atoms with Gasteiger partial charge in [-0.3, -0.25) is 4.79 Å². The maximum absolute atomic E-state index is 11.7. The minimum Gasteiger partial charge on any atom is -0.299 e. The second kappa shape index (κ2) is 3.67. The van der Waals surface area contributed by atoms with Crippen LogP contribution in [0.5, 0.6) is 0 Å². The Hall–Kier alpha value is -0.330. The first-order valence-corrected chi connectivity index (χ1v) is 5.75. The van der Waals surface area contributed by atoms with E-state index in [-0.39, 0.29) is 5.41 Å². The summed E-state index contributed by atoms with van der Waals surface area (Å²) >= 11 is 0. The first kappa shape index (κ1) is 11.7. The van der Waals surface area contributed by atoms with Crippen molar-refractivity contribution in [2.45, 2.75) is 60.3 Å². The molecule has 0 aliphatic heterocycles. The molecule has 0 aromatic rings. The summed E-state index contributed by atoms with van der Waals surface area (Å²) < 4.78 is 0. The molecule has 0 radical (unpaired) electrons. The van der Waals surface area contributed by atoms with Crippen molar-refractivity contribution in [1.82, 2.24) is 0 Å². The molecule has 0 N–H and O–H groups in total. The zero-order valence-corrected chi connectivity index (χ0v) is 10.3.